The van der Waals surface area contributed by atoms with E-state index in [1.807, 2.05) is 24.3 Å². The summed E-state index contributed by atoms with van der Waals surface area (Å²) in [4.78, 5) is 11.8. The second-order valence-corrected chi connectivity index (χ2v) is 4.71. The van der Waals surface area contributed by atoms with Crippen molar-refractivity contribution in [3.63, 3.8) is 0 Å². The summed E-state index contributed by atoms with van der Waals surface area (Å²) in [6, 6.07) is 14.6. The first-order valence-corrected chi connectivity index (χ1v) is 6.84. The van der Waals surface area contributed by atoms with Gasteiger partial charge in [-0.1, -0.05) is 41.9 Å². The Kier molecular flexibility index (Phi) is 5.46. The molecule has 0 aliphatic carbocycles. The van der Waals surface area contributed by atoms with Crippen LogP contribution in [0.4, 0.5) is 0 Å². The molecule has 0 spiro atoms. The standard InChI is InChI=1S/C16H16ClNO3/c1-20-14-8-4-2-6-12(14)10-18-16(19)11-21-15-9-5-3-7-13(15)17/h2-9H,10-11H2,1H3,(H,18,19). The Bertz CT molecular complexity index is 616. The first kappa shape index (κ1) is 15.2. The molecule has 0 saturated carbocycles. The molecular formula is C16H16ClNO3. The van der Waals surface area contributed by atoms with Gasteiger partial charge in [0.2, 0.25) is 0 Å². The molecule has 0 aromatic heterocycles. The van der Waals surface area contributed by atoms with Crippen LogP contribution in [0.2, 0.25) is 5.02 Å². The first-order chi connectivity index (χ1) is 10.2. The van der Waals surface area contributed by atoms with Gasteiger partial charge in [0.1, 0.15) is 11.5 Å². The number of para-hydroxylation sites is 2. The molecule has 0 fully saturated rings. The van der Waals surface area contributed by atoms with Gasteiger partial charge >= 0.3 is 0 Å². The molecule has 5 heteroatoms. The number of amides is 1. The van der Waals surface area contributed by atoms with Crippen molar-refractivity contribution in [3.05, 3.63) is 59.1 Å². The highest BCUT2D eigenvalue weighted by molar-refractivity contribution is 6.32. The lowest BCUT2D eigenvalue weighted by molar-refractivity contribution is -0.123. The van der Waals surface area contributed by atoms with Crippen molar-refractivity contribution in [3.8, 4) is 11.5 Å². The zero-order chi connectivity index (χ0) is 15.1. The summed E-state index contributed by atoms with van der Waals surface area (Å²) in [5, 5.41) is 3.26. The molecule has 2 rings (SSSR count). The quantitative estimate of drug-likeness (QED) is 0.892. The highest BCUT2D eigenvalue weighted by atomic mass is 35.5. The summed E-state index contributed by atoms with van der Waals surface area (Å²) in [5.74, 6) is 1.01. The van der Waals surface area contributed by atoms with Crippen LogP contribution in [-0.2, 0) is 11.3 Å². The lowest BCUT2D eigenvalue weighted by Gasteiger charge is -2.10. The minimum Gasteiger partial charge on any atom is -0.496 e. The van der Waals surface area contributed by atoms with E-state index in [2.05, 4.69) is 5.32 Å². The molecule has 2 aromatic rings. The third-order valence-corrected chi connectivity index (χ3v) is 3.18. The number of ether oxygens (including phenoxy) is 2. The number of benzene rings is 2. The number of carbonyl (C=O) groups excluding carboxylic acids is 1. The smallest absolute Gasteiger partial charge is 0.258 e. The topological polar surface area (TPSA) is 47.6 Å². The predicted molar refractivity (Wildman–Crippen MR) is 81.8 cm³/mol. The Balaban J connectivity index is 1.84. The highest BCUT2D eigenvalue weighted by Crippen LogP contribution is 2.22. The fraction of sp³-hybridized carbons (Fsp3) is 0.188. The average molecular weight is 306 g/mol. The molecule has 0 atom stereocenters. The highest BCUT2D eigenvalue weighted by Gasteiger charge is 2.07. The Hall–Kier alpha value is -2.20. The molecule has 110 valence electrons. The van der Waals surface area contributed by atoms with E-state index in [0.29, 0.717) is 17.3 Å². The van der Waals surface area contributed by atoms with Gasteiger partial charge in [0, 0.05) is 12.1 Å². The molecule has 0 bridgehead atoms. The van der Waals surface area contributed by atoms with Crippen LogP contribution in [0.5, 0.6) is 11.5 Å². The number of nitrogens with one attached hydrogen (secondary N) is 1. The van der Waals surface area contributed by atoms with E-state index in [9.17, 15) is 4.79 Å². The lowest BCUT2D eigenvalue weighted by Crippen LogP contribution is -2.28. The van der Waals surface area contributed by atoms with E-state index >= 15 is 0 Å². The minimum absolute atomic E-state index is 0.0844. The average Bonchev–Trinajstić information content (AvgIpc) is 2.52. The van der Waals surface area contributed by atoms with Gasteiger partial charge in [0.15, 0.2) is 6.61 Å². The summed E-state index contributed by atoms with van der Waals surface area (Å²) in [7, 11) is 1.60. The van der Waals surface area contributed by atoms with Crippen molar-refractivity contribution in [1.29, 1.82) is 0 Å². The van der Waals surface area contributed by atoms with Gasteiger partial charge in [-0.05, 0) is 18.2 Å². The molecule has 4 nitrogen and oxygen atoms in total. The fourth-order valence-corrected chi connectivity index (χ4v) is 1.99. The molecule has 0 saturated heterocycles. The Morgan fingerprint density at radius 3 is 2.48 bits per heavy atom. The number of rotatable bonds is 6. The van der Waals surface area contributed by atoms with Gasteiger partial charge in [-0.25, -0.2) is 0 Å². The summed E-state index contributed by atoms with van der Waals surface area (Å²) < 4.78 is 10.6. The molecule has 1 amide bonds. The van der Waals surface area contributed by atoms with E-state index < -0.39 is 0 Å². The van der Waals surface area contributed by atoms with Crippen LogP contribution in [-0.4, -0.2) is 19.6 Å². The third-order valence-electron chi connectivity index (χ3n) is 2.86. The molecule has 0 aliphatic heterocycles. The number of methoxy groups -OCH3 is 1. The summed E-state index contributed by atoms with van der Waals surface area (Å²) >= 11 is 5.95. The normalized spacial score (nSPS) is 10.0. The van der Waals surface area contributed by atoms with Crippen molar-refractivity contribution in [2.75, 3.05) is 13.7 Å². The van der Waals surface area contributed by atoms with Crippen molar-refractivity contribution < 1.29 is 14.3 Å². The van der Waals surface area contributed by atoms with Gasteiger partial charge in [-0.15, -0.1) is 0 Å². The van der Waals surface area contributed by atoms with E-state index in [4.69, 9.17) is 21.1 Å². The van der Waals surface area contributed by atoms with Gasteiger partial charge in [-0.2, -0.15) is 0 Å². The summed E-state index contributed by atoms with van der Waals surface area (Å²) in [6.45, 7) is 0.299. The maximum atomic E-state index is 11.8. The molecule has 0 unspecified atom stereocenters. The van der Waals surface area contributed by atoms with Crippen LogP contribution in [0.3, 0.4) is 0 Å². The Morgan fingerprint density at radius 2 is 1.76 bits per heavy atom. The second kappa shape index (κ2) is 7.55. The van der Waals surface area contributed by atoms with Gasteiger partial charge in [-0.3, -0.25) is 4.79 Å². The minimum atomic E-state index is -0.221. The first-order valence-electron chi connectivity index (χ1n) is 6.46. The van der Waals surface area contributed by atoms with E-state index in [1.54, 1.807) is 31.4 Å². The predicted octanol–water partition coefficient (Wildman–Crippen LogP) is 3.04. The number of carbonyl (C=O) groups is 1. The Morgan fingerprint density at radius 1 is 1.10 bits per heavy atom. The van der Waals surface area contributed by atoms with Gasteiger partial charge < -0.3 is 14.8 Å². The zero-order valence-corrected chi connectivity index (χ0v) is 12.4. The Labute approximate surface area is 128 Å². The number of hydrogen-bond donors (Lipinski definition) is 1. The molecular weight excluding hydrogens is 290 g/mol. The van der Waals surface area contributed by atoms with Crippen LogP contribution >= 0.6 is 11.6 Å². The summed E-state index contributed by atoms with van der Waals surface area (Å²) in [6.07, 6.45) is 0. The van der Waals surface area contributed by atoms with Crippen LogP contribution < -0.4 is 14.8 Å². The largest absolute Gasteiger partial charge is 0.496 e. The van der Waals surface area contributed by atoms with Gasteiger partial charge in [0.05, 0.1) is 12.1 Å². The SMILES string of the molecule is COc1ccccc1CNC(=O)COc1ccccc1Cl. The third kappa shape index (κ3) is 4.39. The van der Waals surface area contributed by atoms with E-state index in [1.165, 1.54) is 0 Å². The second-order valence-electron chi connectivity index (χ2n) is 4.31. The van der Waals surface area contributed by atoms with E-state index in [-0.39, 0.29) is 12.5 Å². The molecule has 0 radical (unpaired) electrons. The van der Waals surface area contributed by atoms with Crippen LogP contribution in [0.1, 0.15) is 5.56 Å². The van der Waals surface area contributed by atoms with Crippen LogP contribution in [0.15, 0.2) is 48.5 Å². The monoisotopic (exact) mass is 305 g/mol. The molecule has 2 aromatic carbocycles. The number of halogens is 1. The maximum absolute atomic E-state index is 11.8. The molecule has 1 N–H and O–H groups in total. The maximum Gasteiger partial charge on any atom is 0.258 e. The van der Waals surface area contributed by atoms with Gasteiger partial charge in [0.25, 0.3) is 5.91 Å². The zero-order valence-electron chi connectivity index (χ0n) is 11.6. The van der Waals surface area contributed by atoms with Crippen LogP contribution in [0, 0.1) is 0 Å². The van der Waals surface area contributed by atoms with Crippen molar-refractivity contribution in [1.82, 2.24) is 5.32 Å². The molecule has 21 heavy (non-hydrogen) atoms. The number of hydrogen-bond acceptors (Lipinski definition) is 3. The van der Waals surface area contributed by atoms with Crippen molar-refractivity contribution in [2.24, 2.45) is 0 Å². The van der Waals surface area contributed by atoms with E-state index in [0.717, 1.165) is 11.3 Å². The van der Waals surface area contributed by atoms with Crippen LogP contribution in [0.25, 0.3) is 0 Å². The van der Waals surface area contributed by atoms with Crippen molar-refractivity contribution >= 4 is 17.5 Å². The molecule has 0 aliphatic rings. The lowest BCUT2D eigenvalue weighted by atomic mass is 10.2. The fourth-order valence-electron chi connectivity index (χ4n) is 1.80. The summed E-state index contributed by atoms with van der Waals surface area (Å²) in [5.41, 5.74) is 0.908. The molecule has 0 heterocycles. The van der Waals surface area contributed by atoms with Crippen molar-refractivity contribution in [2.45, 2.75) is 6.54 Å².